The molecule has 1 amide bonds. The molecule has 22 heavy (non-hydrogen) atoms. The van der Waals surface area contributed by atoms with E-state index in [1.165, 1.54) is 11.3 Å². The van der Waals surface area contributed by atoms with Gasteiger partial charge in [-0.25, -0.2) is 4.98 Å². The van der Waals surface area contributed by atoms with Crippen LogP contribution in [0.25, 0.3) is 0 Å². The molecule has 3 rings (SSSR count). The van der Waals surface area contributed by atoms with Gasteiger partial charge in [0.1, 0.15) is 5.15 Å². The summed E-state index contributed by atoms with van der Waals surface area (Å²) in [7, 11) is 1.77. The molecule has 0 unspecified atom stereocenters. The van der Waals surface area contributed by atoms with E-state index in [0.29, 0.717) is 11.7 Å². The van der Waals surface area contributed by atoms with Crippen LogP contribution in [0.1, 0.15) is 39.1 Å². The van der Waals surface area contributed by atoms with E-state index in [1.807, 2.05) is 24.3 Å². The summed E-state index contributed by atoms with van der Waals surface area (Å²) in [4.78, 5) is 20.1. The van der Waals surface area contributed by atoms with E-state index in [0.717, 1.165) is 34.8 Å². The first-order valence-electron chi connectivity index (χ1n) is 7.21. The number of carbonyl (C=O) groups excluding carboxylic acids is 1. The van der Waals surface area contributed by atoms with Crippen molar-refractivity contribution < 1.29 is 9.53 Å². The molecule has 0 saturated carbocycles. The minimum atomic E-state index is -0.00540. The maximum Gasteiger partial charge on any atom is 0.263 e. The van der Waals surface area contributed by atoms with Crippen LogP contribution in [-0.2, 0) is 11.3 Å². The van der Waals surface area contributed by atoms with Crippen molar-refractivity contribution in [3.63, 3.8) is 0 Å². The Labute approximate surface area is 138 Å². The Balaban J connectivity index is 1.69. The third-order valence-corrected chi connectivity index (χ3v) is 5.18. The SMILES string of the molecule is CN(Cc1cccnc1Cl)C(=O)c1ccc([C@H]2CCCO2)s1. The number of hydrogen-bond acceptors (Lipinski definition) is 4. The molecule has 0 radical (unpaired) electrons. The predicted molar refractivity (Wildman–Crippen MR) is 87.3 cm³/mol. The minimum Gasteiger partial charge on any atom is -0.373 e. The fraction of sp³-hybridized carbons (Fsp3) is 0.375. The Morgan fingerprint density at radius 1 is 1.50 bits per heavy atom. The minimum absolute atomic E-state index is 0.00540. The van der Waals surface area contributed by atoms with Crippen molar-refractivity contribution in [3.8, 4) is 0 Å². The number of ether oxygens (including phenoxy) is 1. The molecule has 2 aromatic rings. The van der Waals surface area contributed by atoms with Crippen molar-refractivity contribution in [2.75, 3.05) is 13.7 Å². The van der Waals surface area contributed by atoms with E-state index in [9.17, 15) is 4.79 Å². The number of hydrogen-bond donors (Lipinski definition) is 0. The molecule has 1 atom stereocenters. The van der Waals surface area contributed by atoms with Gasteiger partial charge in [0.2, 0.25) is 0 Å². The first-order valence-corrected chi connectivity index (χ1v) is 8.41. The van der Waals surface area contributed by atoms with Crippen LogP contribution in [0.4, 0.5) is 0 Å². The lowest BCUT2D eigenvalue weighted by Gasteiger charge is -2.16. The van der Waals surface area contributed by atoms with Crippen LogP contribution in [0.5, 0.6) is 0 Å². The Morgan fingerprint density at radius 2 is 2.36 bits per heavy atom. The van der Waals surface area contributed by atoms with Crippen LogP contribution in [0.15, 0.2) is 30.5 Å². The highest BCUT2D eigenvalue weighted by atomic mass is 35.5. The normalized spacial score (nSPS) is 17.6. The van der Waals surface area contributed by atoms with E-state index in [1.54, 1.807) is 18.1 Å². The molecule has 3 heterocycles. The fourth-order valence-corrected chi connectivity index (χ4v) is 3.76. The summed E-state index contributed by atoms with van der Waals surface area (Å²) in [6, 6.07) is 7.58. The standard InChI is InChI=1S/C16H17ClN2O2S/c1-19(10-11-4-2-8-18-15(11)17)16(20)14-7-6-13(22-14)12-5-3-9-21-12/h2,4,6-8,12H,3,5,9-10H2,1H3/t12-/m1/s1. The Hall–Kier alpha value is -1.43. The molecular formula is C16H17ClN2O2S. The van der Waals surface area contributed by atoms with Gasteiger partial charge in [0.05, 0.1) is 11.0 Å². The monoisotopic (exact) mass is 336 g/mol. The average Bonchev–Trinajstić information content (AvgIpc) is 3.19. The van der Waals surface area contributed by atoms with Gasteiger partial charge in [0.25, 0.3) is 5.91 Å². The molecule has 0 aromatic carbocycles. The molecule has 0 N–H and O–H groups in total. The summed E-state index contributed by atoms with van der Waals surface area (Å²) in [5, 5.41) is 0.438. The van der Waals surface area contributed by atoms with Gasteiger partial charge in [-0.1, -0.05) is 17.7 Å². The molecule has 116 valence electrons. The predicted octanol–water partition coefficient (Wildman–Crippen LogP) is 3.92. The van der Waals surface area contributed by atoms with Crippen LogP contribution in [0, 0.1) is 0 Å². The van der Waals surface area contributed by atoms with Gasteiger partial charge < -0.3 is 9.64 Å². The van der Waals surface area contributed by atoms with Crippen LogP contribution in [0.3, 0.4) is 0 Å². The second-order valence-electron chi connectivity index (χ2n) is 5.32. The Bertz CT molecular complexity index is 668. The number of carbonyl (C=O) groups is 1. The molecule has 0 aliphatic carbocycles. The topological polar surface area (TPSA) is 42.4 Å². The zero-order valence-corrected chi connectivity index (χ0v) is 13.9. The third-order valence-electron chi connectivity index (χ3n) is 3.68. The quantitative estimate of drug-likeness (QED) is 0.795. The van der Waals surface area contributed by atoms with E-state index in [2.05, 4.69) is 4.98 Å². The van der Waals surface area contributed by atoms with Crippen molar-refractivity contribution in [1.82, 2.24) is 9.88 Å². The summed E-state index contributed by atoms with van der Waals surface area (Å²) in [5.74, 6) is -0.00540. The number of halogens is 1. The van der Waals surface area contributed by atoms with Gasteiger partial charge in [-0.05, 0) is 31.0 Å². The number of thiophene rings is 1. The third kappa shape index (κ3) is 3.32. The second kappa shape index (κ2) is 6.77. The smallest absolute Gasteiger partial charge is 0.263 e. The summed E-state index contributed by atoms with van der Waals surface area (Å²) in [6.45, 7) is 1.25. The highest BCUT2D eigenvalue weighted by molar-refractivity contribution is 7.14. The first-order chi connectivity index (χ1) is 10.6. The molecule has 0 bridgehead atoms. The van der Waals surface area contributed by atoms with E-state index < -0.39 is 0 Å². The summed E-state index contributed by atoms with van der Waals surface area (Å²) in [6.07, 6.45) is 3.92. The average molecular weight is 337 g/mol. The van der Waals surface area contributed by atoms with Gasteiger partial charge in [-0.3, -0.25) is 4.79 Å². The van der Waals surface area contributed by atoms with Crippen LogP contribution in [0.2, 0.25) is 5.15 Å². The van der Waals surface area contributed by atoms with Gasteiger partial charge in [-0.2, -0.15) is 0 Å². The fourth-order valence-electron chi connectivity index (χ4n) is 2.50. The van der Waals surface area contributed by atoms with E-state index >= 15 is 0 Å². The highest BCUT2D eigenvalue weighted by Crippen LogP contribution is 2.33. The van der Waals surface area contributed by atoms with Gasteiger partial charge in [0, 0.05) is 36.8 Å². The number of aromatic nitrogens is 1. The lowest BCUT2D eigenvalue weighted by molar-refractivity contribution is 0.0790. The zero-order valence-electron chi connectivity index (χ0n) is 12.3. The maximum absolute atomic E-state index is 12.5. The first kappa shape index (κ1) is 15.5. The number of rotatable bonds is 4. The lowest BCUT2D eigenvalue weighted by Crippen LogP contribution is -2.25. The van der Waals surface area contributed by atoms with Crippen molar-refractivity contribution in [2.45, 2.75) is 25.5 Å². The zero-order chi connectivity index (χ0) is 15.5. The molecule has 1 aliphatic heterocycles. The molecule has 1 fully saturated rings. The van der Waals surface area contributed by atoms with Crippen LogP contribution in [-0.4, -0.2) is 29.4 Å². The van der Waals surface area contributed by atoms with E-state index in [4.69, 9.17) is 16.3 Å². The van der Waals surface area contributed by atoms with Crippen LogP contribution < -0.4 is 0 Å². The number of nitrogens with zero attached hydrogens (tertiary/aromatic N) is 2. The maximum atomic E-state index is 12.5. The number of amides is 1. The van der Waals surface area contributed by atoms with Gasteiger partial charge >= 0.3 is 0 Å². The highest BCUT2D eigenvalue weighted by Gasteiger charge is 2.22. The van der Waals surface area contributed by atoms with Crippen LogP contribution >= 0.6 is 22.9 Å². The Morgan fingerprint density at radius 3 is 3.09 bits per heavy atom. The molecule has 0 spiro atoms. The largest absolute Gasteiger partial charge is 0.373 e. The van der Waals surface area contributed by atoms with Crippen molar-refractivity contribution in [3.05, 3.63) is 50.9 Å². The van der Waals surface area contributed by atoms with Crippen molar-refractivity contribution >= 4 is 28.8 Å². The lowest BCUT2D eigenvalue weighted by atomic mass is 10.2. The molecule has 4 nitrogen and oxygen atoms in total. The van der Waals surface area contributed by atoms with E-state index in [-0.39, 0.29) is 12.0 Å². The Kier molecular flexibility index (Phi) is 4.76. The summed E-state index contributed by atoms with van der Waals surface area (Å²) >= 11 is 7.56. The molecule has 1 saturated heterocycles. The molecule has 1 aliphatic rings. The summed E-state index contributed by atoms with van der Waals surface area (Å²) < 4.78 is 5.66. The van der Waals surface area contributed by atoms with Gasteiger partial charge in [0.15, 0.2) is 0 Å². The van der Waals surface area contributed by atoms with Crippen molar-refractivity contribution in [1.29, 1.82) is 0 Å². The van der Waals surface area contributed by atoms with Crippen molar-refractivity contribution in [2.24, 2.45) is 0 Å². The molecule has 2 aromatic heterocycles. The summed E-state index contributed by atoms with van der Waals surface area (Å²) in [5.41, 5.74) is 0.843. The molecule has 6 heteroatoms. The van der Waals surface area contributed by atoms with Gasteiger partial charge in [-0.15, -0.1) is 11.3 Å². The molecular weight excluding hydrogens is 320 g/mol. The number of pyridine rings is 1. The second-order valence-corrected chi connectivity index (χ2v) is 6.79.